The molecule has 1 fully saturated rings. The third-order valence-corrected chi connectivity index (χ3v) is 8.65. The number of ketones is 2. The second-order valence-electron chi connectivity index (χ2n) is 13.4. The van der Waals surface area contributed by atoms with Crippen LogP contribution in [0, 0.1) is 28.6 Å². The Hall–Kier alpha value is -2.63. The molecule has 6 nitrogen and oxygen atoms in total. The lowest BCUT2D eigenvalue weighted by atomic mass is 9.49. The smallest absolute Gasteiger partial charge is 0.303 e. The Balaban J connectivity index is 2.30. The van der Waals surface area contributed by atoms with E-state index >= 15 is 0 Å². The topological polar surface area (TPSA) is 101 Å². The van der Waals surface area contributed by atoms with Crippen LogP contribution in [0.1, 0.15) is 100 Å². The number of carboxylic acids is 1. The zero-order chi connectivity index (χ0) is 28.8. The maximum absolute atomic E-state index is 14.5. The Morgan fingerprint density at radius 3 is 2.32 bits per heavy atom. The summed E-state index contributed by atoms with van der Waals surface area (Å²) in [7, 11) is 0. The van der Waals surface area contributed by atoms with Crippen LogP contribution in [0.4, 0.5) is 0 Å². The summed E-state index contributed by atoms with van der Waals surface area (Å²) in [6.45, 7) is 20.0. The van der Waals surface area contributed by atoms with E-state index in [0.717, 1.165) is 17.6 Å². The first-order valence-electron chi connectivity index (χ1n) is 13.9. The molecule has 0 aromatic rings. The summed E-state index contributed by atoms with van der Waals surface area (Å²) >= 11 is 0. The molecular formula is C32H46O6. The number of carboxylic acid groups (broad SMARTS) is 1. The van der Waals surface area contributed by atoms with Gasteiger partial charge in [-0.15, -0.1) is 0 Å². The fraction of sp³-hybridized carbons (Fsp3) is 0.656. The minimum absolute atomic E-state index is 0.00349. The van der Waals surface area contributed by atoms with E-state index in [4.69, 9.17) is 4.74 Å². The molecule has 0 amide bonds. The Labute approximate surface area is 227 Å². The lowest BCUT2D eigenvalue weighted by molar-refractivity contribution is -0.137. The average Bonchev–Trinajstić information content (AvgIpc) is 2.72. The summed E-state index contributed by atoms with van der Waals surface area (Å²) in [6.07, 6.45) is 4.41. The van der Waals surface area contributed by atoms with Crippen molar-refractivity contribution in [3.8, 4) is 0 Å². The molecule has 0 spiro atoms. The number of Topliss-reactive ketones (excluding diaryl/α,β-unsaturated/α-hetero) is 2. The van der Waals surface area contributed by atoms with Gasteiger partial charge in [0.25, 0.3) is 0 Å². The summed E-state index contributed by atoms with van der Waals surface area (Å²) in [5.74, 6) is -2.04. The highest BCUT2D eigenvalue weighted by Gasteiger charge is 2.58. The third kappa shape index (κ3) is 5.41. The van der Waals surface area contributed by atoms with Gasteiger partial charge in [-0.2, -0.15) is 0 Å². The molecule has 2 aliphatic carbocycles. The van der Waals surface area contributed by atoms with Crippen LogP contribution >= 0.6 is 0 Å². The van der Waals surface area contributed by atoms with Crippen molar-refractivity contribution in [2.45, 2.75) is 106 Å². The standard InChI is InChI=1S/C32H46O6/c1-10-11-20(14-23(34)35)24-27-25(22(33)17-31(8,9)38-27)29(37)32(28(24)36,13-12-18(2)3)16-21-15-30(6,7)26(21)19(4)5/h12,20-21,26,36H,4,10-11,13-17H2,1-3,5-9H3,(H,34,35). The summed E-state index contributed by atoms with van der Waals surface area (Å²) in [5.41, 5.74) is 0.175. The van der Waals surface area contributed by atoms with Gasteiger partial charge in [0.2, 0.25) is 0 Å². The van der Waals surface area contributed by atoms with Crippen molar-refractivity contribution in [1.29, 1.82) is 0 Å². The molecule has 38 heavy (non-hydrogen) atoms. The van der Waals surface area contributed by atoms with Crippen molar-refractivity contribution in [3.63, 3.8) is 0 Å². The number of carbonyl (C=O) groups is 3. The van der Waals surface area contributed by atoms with E-state index < -0.39 is 28.7 Å². The van der Waals surface area contributed by atoms with Gasteiger partial charge < -0.3 is 14.9 Å². The molecule has 2 N–H and O–H groups in total. The van der Waals surface area contributed by atoms with Crippen molar-refractivity contribution in [2.24, 2.45) is 28.6 Å². The Morgan fingerprint density at radius 1 is 1.18 bits per heavy atom. The van der Waals surface area contributed by atoms with E-state index in [2.05, 4.69) is 20.4 Å². The van der Waals surface area contributed by atoms with Crippen LogP contribution in [0.25, 0.3) is 0 Å². The van der Waals surface area contributed by atoms with Crippen LogP contribution < -0.4 is 0 Å². The van der Waals surface area contributed by atoms with Crippen LogP contribution in [-0.4, -0.2) is 33.3 Å². The summed E-state index contributed by atoms with van der Waals surface area (Å²) in [6, 6.07) is 0. The van der Waals surface area contributed by atoms with Crippen molar-refractivity contribution in [3.05, 3.63) is 46.5 Å². The van der Waals surface area contributed by atoms with Gasteiger partial charge in [0.1, 0.15) is 22.7 Å². The van der Waals surface area contributed by atoms with Gasteiger partial charge in [0.15, 0.2) is 11.6 Å². The lowest BCUT2D eigenvalue weighted by Crippen LogP contribution is -2.51. The minimum atomic E-state index is -1.36. The summed E-state index contributed by atoms with van der Waals surface area (Å²) < 4.78 is 6.26. The molecule has 3 aliphatic rings. The van der Waals surface area contributed by atoms with Crippen molar-refractivity contribution >= 4 is 17.5 Å². The van der Waals surface area contributed by atoms with E-state index in [1.807, 2.05) is 33.8 Å². The van der Waals surface area contributed by atoms with Crippen LogP contribution in [0.15, 0.2) is 46.5 Å². The molecule has 3 rings (SSSR count). The first-order valence-corrected chi connectivity index (χ1v) is 13.9. The summed E-state index contributed by atoms with van der Waals surface area (Å²) in [5, 5.41) is 21.9. The highest BCUT2D eigenvalue weighted by molar-refractivity contribution is 6.25. The maximum atomic E-state index is 14.5. The predicted molar refractivity (Wildman–Crippen MR) is 148 cm³/mol. The first-order chi connectivity index (χ1) is 17.5. The zero-order valence-corrected chi connectivity index (χ0v) is 24.5. The van der Waals surface area contributed by atoms with E-state index in [0.29, 0.717) is 24.8 Å². The van der Waals surface area contributed by atoms with Crippen molar-refractivity contribution in [2.75, 3.05) is 0 Å². The summed E-state index contributed by atoms with van der Waals surface area (Å²) in [4.78, 5) is 40.0. The fourth-order valence-corrected chi connectivity index (χ4v) is 7.33. The van der Waals surface area contributed by atoms with Gasteiger partial charge >= 0.3 is 5.97 Å². The molecule has 0 radical (unpaired) electrons. The maximum Gasteiger partial charge on any atom is 0.303 e. The molecule has 0 saturated heterocycles. The quantitative estimate of drug-likeness (QED) is 0.229. The normalized spacial score (nSPS) is 28.7. The number of ether oxygens (including phenoxy) is 1. The van der Waals surface area contributed by atoms with Gasteiger partial charge in [-0.05, 0) is 77.6 Å². The molecular weight excluding hydrogens is 480 g/mol. The number of aliphatic carboxylic acids is 1. The van der Waals surface area contributed by atoms with Crippen LogP contribution in [-0.2, 0) is 19.1 Å². The number of carbonyl (C=O) groups excluding carboxylic acids is 2. The molecule has 210 valence electrons. The van der Waals surface area contributed by atoms with Gasteiger partial charge in [-0.3, -0.25) is 14.4 Å². The molecule has 1 aliphatic heterocycles. The molecule has 0 bridgehead atoms. The van der Waals surface area contributed by atoms with Crippen molar-refractivity contribution in [1.82, 2.24) is 0 Å². The van der Waals surface area contributed by atoms with E-state index in [-0.39, 0.29) is 59.4 Å². The zero-order valence-electron chi connectivity index (χ0n) is 24.5. The van der Waals surface area contributed by atoms with Crippen LogP contribution in [0.3, 0.4) is 0 Å². The Bertz CT molecular complexity index is 1130. The molecule has 6 heteroatoms. The lowest BCUT2D eigenvalue weighted by Gasteiger charge is -2.55. The number of aliphatic hydroxyl groups is 1. The van der Waals surface area contributed by atoms with Crippen LogP contribution in [0.2, 0.25) is 0 Å². The molecule has 0 aromatic heterocycles. The Kier molecular flexibility index (Phi) is 8.27. The second-order valence-corrected chi connectivity index (χ2v) is 13.4. The fourth-order valence-electron chi connectivity index (χ4n) is 7.33. The first kappa shape index (κ1) is 29.9. The van der Waals surface area contributed by atoms with Gasteiger partial charge in [-0.25, -0.2) is 0 Å². The highest BCUT2D eigenvalue weighted by atomic mass is 16.5. The predicted octanol–water partition coefficient (Wildman–Crippen LogP) is 7.27. The SMILES string of the molecule is C=C(C)C1C(CC2(CC=C(C)C)C(=O)C3=C(OC(C)(C)CC3=O)C(C(CCC)CC(=O)O)=C2O)CC1(C)C. The Morgan fingerprint density at radius 2 is 1.82 bits per heavy atom. The molecule has 4 atom stereocenters. The minimum Gasteiger partial charge on any atom is -0.511 e. The number of hydrogen-bond acceptors (Lipinski definition) is 5. The number of hydrogen-bond donors (Lipinski definition) is 2. The largest absolute Gasteiger partial charge is 0.511 e. The van der Waals surface area contributed by atoms with E-state index in [9.17, 15) is 24.6 Å². The third-order valence-electron chi connectivity index (χ3n) is 8.65. The van der Waals surface area contributed by atoms with E-state index in [1.54, 1.807) is 13.8 Å². The second kappa shape index (κ2) is 10.5. The molecule has 1 heterocycles. The number of aliphatic hydroxyl groups excluding tert-OH is 1. The molecule has 0 aromatic carbocycles. The van der Waals surface area contributed by atoms with Gasteiger partial charge in [0, 0.05) is 11.5 Å². The number of rotatable bonds is 10. The van der Waals surface area contributed by atoms with Gasteiger partial charge in [0.05, 0.1) is 18.3 Å². The highest BCUT2D eigenvalue weighted by Crippen LogP contribution is 2.60. The van der Waals surface area contributed by atoms with Crippen LogP contribution in [0.5, 0.6) is 0 Å². The number of allylic oxidation sites excluding steroid dienone is 6. The van der Waals surface area contributed by atoms with E-state index in [1.165, 1.54) is 0 Å². The van der Waals surface area contributed by atoms with Crippen molar-refractivity contribution < 1.29 is 29.3 Å². The average molecular weight is 527 g/mol. The molecule has 1 saturated carbocycles. The molecule has 4 unspecified atom stereocenters. The van der Waals surface area contributed by atoms with Gasteiger partial charge in [-0.1, -0.05) is 51.0 Å². The monoisotopic (exact) mass is 526 g/mol.